The van der Waals surface area contributed by atoms with Crippen molar-refractivity contribution in [3.63, 3.8) is 0 Å². The number of carbonyl (C=O) groups excluding carboxylic acids is 1. The first-order valence-electron chi connectivity index (χ1n) is 7.85. The van der Waals surface area contributed by atoms with Gasteiger partial charge in [-0.3, -0.25) is 4.68 Å². The van der Waals surface area contributed by atoms with E-state index in [4.69, 9.17) is 0 Å². The number of hydrogen-bond donors (Lipinski definition) is 1. The number of carbonyl (C=O) groups is 1. The molecule has 3 rings (SSSR count). The number of benzene rings is 1. The van der Waals surface area contributed by atoms with Gasteiger partial charge in [0.25, 0.3) is 0 Å². The molecule has 2 amide bonds. The van der Waals surface area contributed by atoms with Gasteiger partial charge < -0.3 is 10.2 Å². The highest BCUT2D eigenvalue weighted by molar-refractivity contribution is 5.89. The van der Waals surface area contributed by atoms with E-state index < -0.39 is 0 Å². The fourth-order valence-electron chi connectivity index (χ4n) is 3.13. The Labute approximate surface area is 130 Å². The van der Waals surface area contributed by atoms with E-state index in [0.29, 0.717) is 0 Å². The molecule has 0 radical (unpaired) electrons. The zero-order valence-electron chi connectivity index (χ0n) is 13.1. The Morgan fingerprint density at radius 1 is 1.41 bits per heavy atom. The van der Waals surface area contributed by atoms with Crippen LogP contribution in [0, 0.1) is 6.92 Å². The van der Waals surface area contributed by atoms with Gasteiger partial charge in [-0.15, -0.1) is 0 Å². The van der Waals surface area contributed by atoms with E-state index in [-0.39, 0.29) is 12.1 Å². The third kappa shape index (κ3) is 2.84. The monoisotopic (exact) mass is 298 g/mol. The van der Waals surface area contributed by atoms with Gasteiger partial charge in [0.05, 0.1) is 11.7 Å². The standard InChI is InChI=1S/C17H22N4O/c1-3-21-16(9-10-18-21)15-8-5-11-20(15)17(22)19-14-7-4-6-13(2)12-14/h4,6-7,9-10,12,15H,3,5,8,11H2,1-2H3,(H,19,22). The maximum absolute atomic E-state index is 12.6. The van der Waals surface area contributed by atoms with E-state index in [9.17, 15) is 4.79 Å². The Kier molecular flexibility index (Phi) is 4.13. The van der Waals surface area contributed by atoms with Crippen molar-refractivity contribution < 1.29 is 4.79 Å². The minimum atomic E-state index is -0.0306. The molecule has 0 aliphatic carbocycles. The molecule has 2 heterocycles. The Bertz CT molecular complexity index is 664. The topological polar surface area (TPSA) is 50.2 Å². The van der Waals surface area contributed by atoms with Crippen LogP contribution in [0.5, 0.6) is 0 Å². The van der Waals surface area contributed by atoms with Crippen LogP contribution in [0.3, 0.4) is 0 Å². The summed E-state index contributed by atoms with van der Waals surface area (Å²) < 4.78 is 1.98. The molecule has 5 heteroatoms. The van der Waals surface area contributed by atoms with Gasteiger partial charge in [0.1, 0.15) is 0 Å². The lowest BCUT2D eigenvalue weighted by molar-refractivity contribution is 0.204. The molecule has 1 aliphatic heterocycles. The van der Waals surface area contributed by atoms with Gasteiger partial charge in [-0.2, -0.15) is 5.10 Å². The molecule has 1 saturated heterocycles. The van der Waals surface area contributed by atoms with Crippen LogP contribution in [-0.4, -0.2) is 27.3 Å². The molecule has 1 aliphatic rings. The van der Waals surface area contributed by atoms with Crippen LogP contribution in [0.1, 0.15) is 37.1 Å². The van der Waals surface area contributed by atoms with Gasteiger partial charge in [0, 0.05) is 25.0 Å². The van der Waals surface area contributed by atoms with Crippen LogP contribution in [0.4, 0.5) is 10.5 Å². The van der Waals surface area contributed by atoms with Gasteiger partial charge in [0.2, 0.25) is 0 Å². The van der Waals surface area contributed by atoms with Crippen molar-refractivity contribution in [2.75, 3.05) is 11.9 Å². The molecule has 1 unspecified atom stereocenters. The Balaban J connectivity index is 1.77. The minimum Gasteiger partial charge on any atom is -0.316 e. The molecule has 1 aromatic heterocycles. The average molecular weight is 298 g/mol. The number of anilines is 1. The lowest BCUT2D eigenvalue weighted by Crippen LogP contribution is -2.35. The van der Waals surface area contributed by atoms with Crippen LogP contribution < -0.4 is 5.32 Å². The molecule has 1 N–H and O–H groups in total. The third-order valence-corrected chi connectivity index (χ3v) is 4.17. The van der Waals surface area contributed by atoms with Crippen LogP contribution in [0.2, 0.25) is 0 Å². The number of amides is 2. The zero-order chi connectivity index (χ0) is 15.5. The summed E-state index contributed by atoms with van der Waals surface area (Å²) in [5.41, 5.74) is 3.11. The Morgan fingerprint density at radius 2 is 2.27 bits per heavy atom. The van der Waals surface area contributed by atoms with Gasteiger partial charge in [-0.05, 0) is 50.5 Å². The molecule has 22 heavy (non-hydrogen) atoms. The number of nitrogens with zero attached hydrogens (tertiary/aromatic N) is 3. The molecule has 1 aromatic carbocycles. The number of aryl methyl sites for hydroxylation is 2. The summed E-state index contributed by atoms with van der Waals surface area (Å²) in [4.78, 5) is 14.5. The number of likely N-dealkylation sites (tertiary alicyclic amines) is 1. The van der Waals surface area contributed by atoms with Crippen molar-refractivity contribution in [3.8, 4) is 0 Å². The smallest absolute Gasteiger partial charge is 0.316 e. The lowest BCUT2D eigenvalue weighted by Gasteiger charge is -2.25. The minimum absolute atomic E-state index is 0.0306. The number of urea groups is 1. The second-order valence-corrected chi connectivity index (χ2v) is 5.72. The first-order chi connectivity index (χ1) is 10.7. The fraction of sp³-hybridized carbons (Fsp3) is 0.412. The van der Waals surface area contributed by atoms with Crippen molar-refractivity contribution in [1.82, 2.24) is 14.7 Å². The van der Waals surface area contributed by atoms with Gasteiger partial charge in [0.15, 0.2) is 0 Å². The molecule has 0 bridgehead atoms. The molecule has 1 fully saturated rings. The van der Waals surface area contributed by atoms with Gasteiger partial charge in [-0.1, -0.05) is 12.1 Å². The van der Waals surface area contributed by atoms with E-state index in [0.717, 1.165) is 42.9 Å². The Hall–Kier alpha value is -2.30. The summed E-state index contributed by atoms with van der Waals surface area (Å²) in [5, 5.41) is 7.34. The highest BCUT2D eigenvalue weighted by atomic mass is 16.2. The van der Waals surface area contributed by atoms with Crippen LogP contribution in [0.25, 0.3) is 0 Å². The lowest BCUT2D eigenvalue weighted by atomic mass is 10.1. The molecule has 0 saturated carbocycles. The molecule has 0 spiro atoms. The van der Waals surface area contributed by atoms with E-state index >= 15 is 0 Å². The predicted octanol–water partition coefficient (Wildman–Crippen LogP) is 3.58. The molecular weight excluding hydrogens is 276 g/mol. The first kappa shape index (κ1) is 14.6. The second kappa shape index (κ2) is 6.22. The zero-order valence-corrected chi connectivity index (χ0v) is 13.1. The molecule has 5 nitrogen and oxygen atoms in total. The van der Waals surface area contributed by atoms with Crippen molar-refractivity contribution in [3.05, 3.63) is 47.8 Å². The summed E-state index contributed by atoms with van der Waals surface area (Å²) in [6, 6.07) is 9.99. The van der Waals surface area contributed by atoms with E-state index in [2.05, 4.69) is 17.3 Å². The number of hydrogen-bond acceptors (Lipinski definition) is 2. The first-order valence-corrected chi connectivity index (χ1v) is 7.85. The molecular formula is C17H22N4O. The summed E-state index contributed by atoms with van der Waals surface area (Å²) >= 11 is 0. The summed E-state index contributed by atoms with van der Waals surface area (Å²) in [5.74, 6) is 0. The normalized spacial score (nSPS) is 17.7. The fourth-order valence-corrected chi connectivity index (χ4v) is 3.13. The molecule has 2 aromatic rings. The number of aromatic nitrogens is 2. The van der Waals surface area contributed by atoms with Gasteiger partial charge in [-0.25, -0.2) is 4.79 Å². The number of nitrogens with one attached hydrogen (secondary N) is 1. The summed E-state index contributed by atoms with van der Waals surface area (Å²) in [6.45, 7) is 5.71. The second-order valence-electron chi connectivity index (χ2n) is 5.72. The molecule has 116 valence electrons. The van der Waals surface area contributed by atoms with Gasteiger partial charge >= 0.3 is 6.03 Å². The predicted molar refractivity (Wildman–Crippen MR) is 86.8 cm³/mol. The van der Waals surface area contributed by atoms with Crippen LogP contribution >= 0.6 is 0 Å². The summed E-state index contributed by atoms with van der Waals surface area (Å²) in [6.07, 6.45) is 3.83. The highest BCUT2D eigenvalue weighted by Crippen LogP contribution is 2.32. The maximum Gasteiger partial charge on any atom is 0.322 e. The van der Waals surface area contributed by atoms with E-state index in [1.54, 1.807) is 0 Å². The SMILES string of the molecule is CCn1nccc1C1CCCN1C(=O)Nc1cccc(C)c1. The number of rotatable bonds is 3. The van der Waals surface area contributed by atoms with E-state index in [1.807, 2.05) is 53.0 Å². The van der Waals surface area contributed by atoms with Crippen molar-refractivity contribution >= 4 is 11.7 Å². The maximum atomic E-state index is 12.6. The highest BCUT2D eigenvalue weighted by Gasteiger charge is 2.32. The third-order valence-electron chi connectivity index (χ3n) is 4.17. The van der Waals surface area contributed by atoms with Crippen molar-refractivity contribution in [2.24, 2.45) is 0 Å². The van der Waals surface area contributed by atoms with Crippen molar-refractivity contribution in [2.45, 2.75) is 39.3 Å². The van der Waals surface area contributed by atoms with Crippen molar-refractivity contribution in [1.29, 1.82) is 0 Å². The Morgan fingerprint density at radius 3 is 3.05 bits per heavy atom. The van der Waals surface area contributed by atoms with E-state index in [1.165, 1.54) is 0 Å². The average Bonchev–Trinajstić information content (AvgIpc) is 3.15. The quantitative estimate of drug-likeness (QED) is 0.941. The van der Waals surface area contributed by atoms with Crippen LogP contribution in [0.15, 0.2) is 36.5 Å². The summed E-state index contributed by atoms with van der Waals surface area (Å²) in [7, 11) is 0. The molecule has 1 atom stereocenters. The van der Waals surface area contributed by atoms with Crippen LogP contribution in [-0.2, 0) is 6.54 Å². The largest absolute Gasteiger partial charge is 0.322 e.